The van der Waals surface area contributed by atoms with E-state index in [9.17, 15) is 31.5 Å². The molecule has 0 radical (unpaired) electrons. The van der Waals surface area contributed by atoms with E-state index in [2.05, 4.69) is 11.9 Å². The van der Waals surface area contributed by atoms with Gasteiger partial charge in [-0.15, -0.1) is 0 Å². The molecule has 10 heteroatoms. The number of anilines is 1. The number of hydrogen-bond acceptors (Lipinski definition) is 3. The summed E-state index contributed by atoms with van der Waals surface area (Å²) in [6.45, 7) is 3.25. The maximum atomic E-state index is 13.9. The highest BCUT2D eigenvalue weighted by Gasteiger charge is 2.48. The van der Waals surface area contributed by atoms with E-state index in [-0.39, 0.29) is 12.1 Å². The largest absolute Gasteiger partial charge is 0.431 e. The molecule has 0 spiro atoms. The number of nitrogens with zero attached hydrogens (tertiary/aromatic N) is 2. The van der Waals surface area contributed by atoms with Crippen molar-refractivity contribution in [1.29, 1.82) is 0 Å². The molecule has 1 aromatic carbocycles. The lowest BCUT2D eigenvalue weighted by atomic mass is 9.85. The summed E-state index contributed by atoms with van der Waals surface area (Å²) in [7, 11) is 3.71. The van der Waals surface area contributed by atoms with Crippen LogP contribution in [0, 0.1) is 23.5 Å². The highest BCUT2D eigenvalue weighted by molar-refractivity contribution is 6.08. The van der Waals surface area contributed by atoms with Gasteiger partial charge >= 0.3 is 6.18 Å². The van der Waals surface area contributed by atoms with E-state index >= 15 is 0 Å². The first kappa shape index (κ1) is 22.4. The fourth-order valence-corrected chi connectivity index (χ4v) is 3.38. The van der Waals surface area contributed by atoms with Crippen molar-refractivity contribution in [2.24, 2.45) is 11.8 Å². The van der Waals surface area contributed by atoms with Gasteiger partial charge in [0.15, 0.2) is 11.6 Å². The summed E-state index contributed by atoms with van der Waals surface area (Å²) in [6, 6.07) is 3.07. The van der Waals surface area contributed by atoms with Crippen LogP contribution in [0.4, 0.5) is 27.6 Å². The van der Waals surface area contributed by atoms with Crippen molar-refractivity contribution in [3.05, 3.63) is 53.8 Å². The van der Waals surface area contributed by atoms with Gasteiger partial charge in [0.1, 0.15) is 11.6 Å². The number of benzene rings is 1. The minimum atomic E-state index is -4.76. The molecule has 2 atom stereocenters. The van der Waals surface area contributed by atoms with Gasteiger partial charge in [0.05, 0.1) is 5.69 Å². The van der Waals surface area contributed by atoms with Crippen molar-refractivity contribution in [2.45, 2.75) is 6.18 Å². The van der Waals surface area contributed by atoms with E-state index in [4.69, 9.17) is 0 Å². The molecular formula is C19H20F5N3O2. The van der Waals surface area contributed by atoms with E-state index in [1.165, 1.54) is 21.1 Å². The molecule has 0 aliphatic carbocycles. The van der Waals surface area contributed by atoms with Crippen LogP contribution >= 0.6 is 0 Å². The van der Waals surface area contributed by atoms with Gasteiger partial charge in [0, 0.05) is 33.6 Å². The smallest absolute Gasteiger partial charge is 0.373 e. The number of alkyl halides is 3. The number of hydrogen-bond donors (Lipinski definition) is 1. The van der Waals surface area contributed by atoms with Gasteiger partial charge in [-0.3, -0.25) is 9.59 Å². The Labute approximate surface area is 164 Å². The van der Waals surface area contributed by atoms with Crippen molar-refractivity contribution in [3.63, 3.8) is 0 Å². The lowest BCUT2D eigenvalue weighted by molar-refractivity contribution is -0.135. The Bertz CT molecular complexity index is 864. The van der Waals surface area contributed by atoms with E-state index in [0.717, 1.165) is 34.1 Å². The molecule has 0 unspecified atom stereocenters. The molecule has 2 amide bonds. The standard InChI is InChI=1S/C19H20F5N3O2/c1-5-10(16(26(2)3)19(22,23)24)11-9-27(4)18(29)14(11)17(28)25-13-8-6-7-12(20)15(13)21/h5-8,11,14H,1,9H2,2-4H3,(H,25,28)/b16-10+/t11-,14+/m1/s1. The van der Waals surface area contributed by atoms with Crippen LogP contribution in [0.15, 0.2) is 42.1 Å². The van der Waals surface area contributed by atoms with Crippen molar-refractivity contribution in [2.75, 3.05) is 33.0 Å². The highest BCUT2D eigenvalue weighted by atomic mass is 19.4. The maximum absolute atomic E-state index is 13.9. The lowest BCUT2D eigenvalue weighted by Gasteiger charge is -2.27. The first-order valence-corrected chi connectivity index (χ1v) is 8.51. The number of likely N-dealkylation sites (tertiary alicyclic amines) is 1. The summed E-state index contributed by atoms with van der Waals surface area (Å²) in [5.74, 6) is -7.06. The van der Waals surface area contributed by atoms with Crippen LogP contribution in [0.2, 0.25) is 0 Å². The average molecular weight is 417 g/mol. The molecular weight excluding hydrogens is 397 g/mol. The predicted octanol–water partition coefficient (Wildman–Crippen LogP) is 3.17. The molecule has 1 N–H and O–H groups in total. The zero-order valence-electron chi connectivity index (χ0n) is 16.0. The summed E-state index contributed by atoms with van der Waals surface area (Å²) in [5, 5.41) is 2.11. The SMILES string of the molecule is C=C/C(=C(\N(C)C)C(F)(F)F)[C@H]1CN(C)C(=O)[C@@H]1C(=O)Nc1cccc(F)c1F. The van der Waals surface area contributed by atoms with E-state index in [0.29, 0.717) is 0 Å². The number of halogens is 5. The summed E-state index contributed by atoms with van der Waals surface area (Å²) in [5.41, 5.74) is -1.89. The number of rotatable bonds is 5. The van der Waals surface area contributed by atoms with Gasteiger partial charge < -0.3 is 15.1 Å². The summed E-state index contributed by atoms with van der Waals surface area (Å²) in [4.78, 5) is 27.2. The molecule has 0 saturated carbocycles. The third kappa shape index (κ3) is 4.41. The van der Waals surface area contributed by atoms with Crippen molar-refractivity contribution < 1.29 is 31.5 Å². The fourth-order valence-electron chi connectivity index (χ4n) is 3.38. The lowest BCUT2D eigenvalue weighted by Crippen LogP contribution is -2.36. The van der Waals surface area contributed by atoms with E-state index < -0.39 is 52.8 Å². The van der Waals surface area contributed by atoms with Crippen LogP contribution in [-0.2, 0) is 9.59 Å². The minimum absolute atomic E-state index is 0.169. The van der Waals surface area contributed by atoms with Gasteiger partial charge in [0.25, 0.3) is 0 Å². The number of nitrogens with one attached hydrogen (secondary N) is 1. The Kier molecular flexibility index (Phi) is 6.34. The molecule has 1 aromatic rings. The topological polar surface area (TPSA) is 52.7 Å². The second kappa shape index (κ2) is 8.22. The van der Waals surface area contributed by atoms with Crippen LogP contribution in [0.3, 0.4) is 0 Å². The Hall–Kier alpha value is -2.91. The van der Waals surface area contributed by atoms with Crippen LogP contribution in [-0.4, -0.2) is 55.5 Å². The number of carbonyl (C=O) groups is 2. The normalized spacial score (nSPS) is 20.4. The second-order valence-corrected chi connectivity index (χ2v) is 6.79. The predicted molar refractivity (Wildman–Crippen MR) is 96.6 cm³/mol. The molecule has 0 bridgehead atoms. The van der Waals surface area contributed by atoms with Gasteiger partial charge in [-0.05, 0) is 17.7 Å². The number of amides is 2. The summed E-state index contributed by atoms with van der Waals surface area (Å²) < 4.78 is 68.0. The van der Waals surface area contributed by atoms with Crippen LogP contribution in [0.5, 0.6) is 0 Å². The van der Waals surface area contributed by atoms with Gasteiger partial charge in [-0.1, -0.05) is 18.7 Å². The molecule has 158 valence electrons. The average Bonchev–Trinajstić information content (AvgIpc) is 2.90. The molecule has 0 aromatic heterocycles. The van der Waals surface area contributed by atoms with Crippen molar-refractivity contribution in [1.82, 2.24) is 9.80 Å². The Balaban J connectivity index is 2.51. The summed E-state index contributed by atoms with van der Waals surface area (Å²) >= 11 is 0. The maximum Gasteiger partial charge on any atom is 0.431 e. The fraction of sp³-hybridized carbons (Fsp3) is 0.368. The van der Waals surface area contributed by atoms with Crippen LogP contribution in [0.25, 0.3) is 0 Å². The first-order chi connectivity index (χ1) is 13.4. The van der Waals surface area contributed by atoms with E-state index in [1.54, 1.807) is 0 Å². The van der Waals surface area contributed by atoms with Gasteiger partial charge in [-0.25, -0.2) is 8.78 Å². The first-order valence-electron chi connectivity index (χ1n) is 8.51. The Morgan fingerprint density at radius 3 is 2.45 bits per heavy atom. The molecule has 1 aliphatic heterocycles. The molecule has 29 heavy (non-hydrogen) atoms. The molecule has 1 saturated heterocycles. The van der Waals surface area contributed by atoms with Crippen LogP contribution < -0.4 is 5.32 Å². The minimum Gasteiger partial charge on any atom is -0.373 e. The van der Waals surface area contributed by atoms with Crippen LogP contribution in [0.1, 0.15) is 0 Å². The number of carbonyl (C=O) groups excluding carboxylic acids is 2. The Morgan fingerprint density at radius 2 is 1.93 bits per heavy atom. The Morgan fingerprint density at radius 1 is 1.31 bits per heavy atom. The molecule has 2 rings (SSSR count). The third-order valence-electron chi connectivity index (χ3n) is 4.62. The molecule has 1 heterocycles. The van der Waals surface area contributed by atoms with Gasteiger partial charge in [0.2, 0.25) is 11.8 Å². The summed E-state index contributed by atoms with van der Waals surface area (Å²) in [6.07, 6.45) is -3.80. The molecule has 5 nitrogen and oxygen atoms in total. The number of allylic oxidation sites excluding steroid dienone is 2. The zero-order valence-corrected chi connectivity index (χ0v) is 16.0. The monoisotopic (exact) mass is 417 g/mol. The van der Waals surface area contributed by atoms with Gasteiger partial charge in [-0.2, -0.15) is 13.2 Å². The second-order valence-electron chi connectivity index (χ2n) is 6.79. The highest BCUT2D eigenvalue weighted by Crippen LogP contribution is 2.39. The molecule has 1 fully saturated rings. The molecule has 1 aliphatic rings. The van der Waals surface area contributed by atoms with Crippen molar-refractivity contribution >= 4 is 17.5 Å². The third-order valence-corrected chi connectivity index (χ3v) is 4.62. The quantitative estimate of drug-likeness (QED) is 0.455. The van der Waals surface area contributed by atoms with Crippen molar-refractivity contribution in [3.8, 4) is 0 Å². The zero-order chi connectivity index (χ0) is 22.1. The van der Waals surface area contributed by atoms with E-state index in [1.807, 2.05) is 0 Å².